The van der Waals surface area contributed by atoms with E-state index in [2.05, 4.69) is 18.8 Å². The van der Waals surface area contributed by atoms with Crippen LogP contribution in [0.15, 0.2) is 12.7 Å². The fourth-order valence-electron chi connectivity index (χ4n) is 0.882. The number of ether oxygens (including phenoxy) is 1. The highest BCUT2D eigenvalue weighted by Gasteiger charge is 2.08. The van der Waals surface area contributed by atoms with Crippen LogP contribution in [0, 0.1) is 0 Å². The third-order valence-corrected chi connectivity index (χ3v) is 1.46. The molecular weight excluding hydrogens is 138 g/mol. The number of hydrogen-bond acceptors (Lipinski definition) is 2. The quantitative estimate of drug-likeness (QED) is 0.583. The molecule has 2 nitrogen and oxygen atoms in total. The van der Waals surface area contributed by atoms with Gasteiger partial charge in [0, 0.05) is 13.1 Å². The van der Waals surface area contributed by atoms with Crippen molar-refractivity contribution in [2.24, 2.45) is 0 Å². The molecule has 0 aromatic rings. The van der Waals surface area contributed by atoms with E-state index in [0.29, 0.717) is 6.10 Å². The summed E-state index contributed by atoms with van der Waals surface area (Å²) >= 11 is 0. The van der Waals surface area contributed by atoms with Gasteiger partial charge in [0.15, 0.2) is 0 Å². The summed E-state index contributed by atoms with van der Waals surface area (Å²) in [5.41, 5.74) is 0. The summed E-state index contributed by atoms with van der Waals surface area (Å²) < 4.78 is 5.36. The van der Waals surface area contributed by atoms with E-state index in [0.717, 1.165) is 26.1 Å². The molecule has 1 fully saturated rings. The van der Waals surface area contributed by atoms with Crippen LogP contribution in [0.1, 0.15) is 20.3 Å². The lowest BCUT2D eigenvalue weighted by atomic mass is 10.2. The van der Waals surface area contributed by atoms with Gasteiger partial charge in [0.1, 0.15) is 0 Å². The van der Waals surface area contributed by atoms with Gasteiger partial charge in [-0.3, -0.25) is 0 Å². The largest absolute Gasteiger partial charge is 0.376 e. The molecule has 0 saturated carbocycles. The number of allylic oxidation sites excluding steroid dienone is 1. The third kappa shape index (κ3) is 6.07. The van der Waals surface area contributed by atoms with Crippen molar-refractivity contribution in [3.8, 4) is 0 Å². The molecule has 1 aliphatic rings. The van der Waals surface area contributed by atoms with Crippen LogP contribution in [-0.2, 0) is 4.74 Å². The molecule has 0 spiro atoms. The maximum absolute atomic E-state index is 5.36. The third-order valence-electron chi connectivity index (χ3n) is 1.46. The predicted octanol–water partition coefficient (Wildman–Crippen LogP) is 1.58. The Morgan fingerprint density at radius 3 is 2.64 bits per heavy atom. The Kier molecular flexibility index (Phi) is 7.52. The molecular formula is C9H19NO. The van der Waals surface area contributed by atoms with Crippen molar-refractivity contribution in [3.05, 3.63) is 12.7 Å². The second-order valence-corrected chi connectivity index (χ2v) is 2.51. The molecule has 0 aromatic heterocycles. The zero-order chi connectivity index (χ0) is 8.53. The minimum atomic E-state index is 0.476. The molecule has 1 heterocycles. The van der Waals surface area contributed by atoms with Gasteiger partial charge < -0.3 is 10.1 Å². The molecule has 66 valence electrons. The number of nitrogens with one attached hydrogen (secondary N) is 1. The van der Waals surface area contributed by atoms with Crippen LogP contribution in [0.25, 0.3) is 0 Å². The molecule has 1 N–H and O–H groups in total. The topological polar surface area (TPSA) is 21.3 Å². The fraction of sp³-hybridized carbons (Fsp3) is 0.778. The molecule has 0 radical (unpaired) electrons. The molecule has 1 unspecified atom stereocenters. The van der Waals surface area contributed by atoms with Gasteiger partial charge >= 0.3 is 0 Å². The van der Waals surface area contributed by atoms with E-state index < -0.39 is 0 Å². The highest BCUT2D eigenvalue weighted by Crippen LogP contribution is 1.98. The average Bonchev–Trinajstić information content (AvgIpc) is 2.08. The van der Waals surface area contributed by atoms with Crippen LogP contribution in [-0.4, -0.2) is 25.8 Å². The highest BCUT2D eigenvalue weighted by atomic mass is 16.5. The van der Waals surface area contributed by atoms with Crippen molar-refractivity contribution in [2.45, 2.75) is 26.4 Å². The van der Waals surface area contributed by atoms with E-state index in [1.165, 1.54) is 0 Å². The Labute approximate surface area is 69.6 Å². The second-order valence-electron chi connectivity index (χ2n) is 2.51. The SMILES string of the molecule is C=CC.CCC1CNCCO1. The first-order chi connectivity index (χ1) is 5.35. The van der Waals surface area contributed by atoms with Gasteiger partial charge in [-0.15, -0.1) is 6.58 Å². The van der Waals surface area contributed by atoms with Crippen molar-refractivity contribution < 1.29 is 4.74 Å². The first kappa shape index (κ1) is 10.7. The summed E-state index contributed by atoms with van der Waals surface area (Å²) in [6.07, 6.45) is 3.36. The summed E-state index contributed by atoms with van der Waals surface area (Å²) in [5.74, 6) is 0. The van der Waals surface area contributed by atoms with E-state index in [1.807, 2.05) is 6.92 Å². The Morgan fingerprint density at radius 2 is 2.36 bits per heavy atom. The summed E-state index contributed by atoms with van der Waals surface area (Å²) in [7, 11) is 0. The smallest absolute Gasteiger partial charge is 0.0697 e. The molecule has 1 atom stereocenters. The molecule has 11 heavy (non-hydrogen) atoms. The molecule has 1 saturated heterocycles. The molecule has 0 amide bonds. The van der Waals surface area contributed by atoms with Crippen LogP contribution < -0.4 is 5.32 Å². The van der Waals surface area contributed by atoms with E-state index in [-0.39, 0.29) is 0 Å². The Balaban J connectivity index is 0.000000292. The monoisotopic (exact) mass is 157 g/mol. The Bertz CT molecular complexity index is 87.6. The Hall–Kier alpha value is -0.340. The normalized spacial score (nSPS) is 23.3. The maximum atomic E-state index is 5.36. The van der Waals surface area contributed by atoms with Crippen molar-refractivity contribution in [3.63, 3.8) is 0 Å². The lowest BCUT2D eigenvalue weighted by molar-refractivity contribution is 0.0267. The fourth-order valence-corrected chi connectivity index (χ4v) is 0.882. The van der Waals surface area contributed by atoms with Gasteiger partial charge in [0.2, 0.25) is 0 Å². The summed E-state index contributed by atoms with van der Waals surface area (Å²) in [5, 5.41) is 3.26. The molecule has 0 aromatic carbocycles. The van der Waals surface area contributed by atoms with Crippen LogP contribution in [0.4, 0.5) is 0 Å². The zero-order valence-corrected chi connectivity index (χ0v) is 7.60. The standard InChI is InChI=1S/C6H13NO.C3H6/c1-2-6-5-7-3-4-8-6;1-3-2/h6-7H,2-5H2,1H3;3H,1H2,2H3. The van der Waals surface area contributed by atoms with Gasteiger partial charge in [-0.2, -0.15) is 0 Å². The first-order valence-corrected chi connectivity index (χ1v) is 4.24. The minimum absolute atomic E-state index is 0.476. The first-order valence-electron chi connectivity index (χ1n) is 4.24. The summed E-state index contributed by atoms with van der Waals surface area (Å²) in [6.45, 7) is 10.4. The molecule has 1 rings (SSSR count). The van der Waals surface area contributed by atoms with E-state index in [1.54, 1.807) is 6.08 Å². The zero-order valence-electron chi connectivity index (χ0n) is 7.60. The van der Waals surface area contributed by atoms with Gasteiger partial charge in [0.05, 0.1) is 12.7 Å². The highest BCUT2D eigenvalue weighted by molar-refractivity contribution is 4.63. The van der Waals surface area contributed by atoms with Crippen LogP contribution in [0.3, 0.4) is 0 Å². The van der Waals surface area contributed by atoms with Crippen LogP contribution >= 0.6 is 0 Å². The summed E-state index contributed by atoms with van der Waals surface area (Å²) in [4.78, 5) is 0. The maximum Gasteiger partial charge on any atom is 0.0697 e. The lowest BCUT2D eigenvalue weighted by Crippen LogP contribution is -2.37. The second kappa shape index (κ2) is 7.76. The molecule has 0 bridgehead atoms. The number of hydrogen-bond donors (Lipinski definition) is 1. The van der Waals surface area contributed by atoms with Crippen LogP contribution in [0.5, 0.6) is 0 Å². The van der Waals surface area contributed by atoms with E-state index >= 15 is 0 Å². The molecule has 1 aliphatic heterocycles. The Morgan fingerprint density at radius 1 is 1.73 bits per heavy atom. The minimum Gasteiger partial charge on any atom is -0.376 e. The van der Waals surface area contributed by atoms with E-state index in [9.17, 15) is 0 Å². The van der Waals surface area contributed by atoms with Crippen molar-refractivity contribution in [1.82, 2.24) is 5.32 Å². The lowest BCUT2D eigenvalue weighted by Gasteiger charge is -2.21. The molecule has 2 heteroatoms. The number of morpholine rings is 1. The predicted molar refractivity (Wildman–Crippen MR) is 48.8 cm³/mol. The average molecular weight is 157 g/mol. The molecule has 0 aliphatic carbocycles. The van der Waals surface area contributed by atoms with Crippen molar-refractivity contribution >= 4 is 0 Å². The van der Waals surface area contributed by atoms with Gasteiger partial charge in [0.25, 0.3) is 0 Å². The van der Waals surface area contributed by atoms with Crippen molar-refractivity contribution in [2.75, 3.05) is 19.7 Å². The summed E-state index contributed by atoms with van der Waals surface area (Å²) in [6, 6.07) is 0. The van der Waals surface area contributed by atoms with Gasteiger partial charge in [-0.05, 0) is 13.3 Å². The van der Waals surface area contributed by atoms with E-state index in [4.69, 9.17) is 4.74 Å². The van der Waals surface area contributed by atoms with Crippen LogP contribution in [0.2, 0.25) is 0 Å². The number of rotatable bonds is 1. The van der Waals surface area contributed by atoms with Crippen molar-refractivity contribution in [1.29, 1.82) is 0 Å². The van der Waals surface area contributed by atoms with Gasteiger partial charge in [-0.1, -0.05) is 13.0 Å². The van der Waals surface area contributed by atoms with Gasteiger partial charge in [-0.25, -0.2) is 0 Å².